The number of amides is 1. The molecule has 10 heteroatoms. The predicted molar refractivity (Wildman–Crippen MR) is 126 cm³/mol. The average Bonchev–Trinajstić information content (AvgIpc) is 3.39. The first-order valence-corrected chi connectivity index (χ1v) is 11.4. The Balaban J connectivity index is 1.59. The van der Waals surface area contributed by atoms with Gasteiger partial charge in [-0.2, -0.15) is 0 Å². The highest BCUT2D eigenvalue weighted by molar-refractivity contribution is 8.15. The average molecular weight is 458 g/mol. The summed E-state index contributed by atoms with van der Waals surface area (Å²) in [5.74, 6) is 0.438. The SMILES string of the molecule is COCCOc1cc(NSc2ccccn2)c2[nH]c(C3=NCC(CC(N)=O)S3)cc2c1. The van der Waals surface area contributed by atoms with Crippen LogP contribution in [-0.4, -0.2) is 53.0 Å². The van der Waals surface area contributed by atoms with Crippen LogP contribution in [0.5, 0.6) is 5.75 Å². The van der Waals surface area contributed by atoms with Gasteiger partial charge in [0.05, 0.1) is 30.0 Å². The fraction of sp³-hybridized carbons (Fsp3) is 0.286. The third-order valence-corrected chi connectivity index (χ3v) is 6.53. The van der Waals surface area contributed by atoms with E-state index in [1.54, 1.807) is 25.1 Å². The molecule has 0 aliphatic carbocycles. The molecule has 0 bridgehead atoms. The topological polar surface area (TPSA) is 115 Å². The standard InChI is InChI=1S/C21H23N5O3S2/c1-28-6-7-29-14-8-13-9-17(21-24-12-15(30-21)11-18(22)27)25-20(13)16(10-14)26-31-19-4-2-3-5-23-19/h2-5,8-10,15,25-26H,6-7,11-12H2,1H3,(H2,22,27). The Bertz CT molecular complexity index is 1090. The molecule has 3 heterocycles. The predicted octanol–water partition coefficient (Wildman–Crippen LogP) is 3.44. The van der Waals surface area contributed by atoms with Crippen LogP contribution in [0.3, 0.4) is 0 Å². The maximum absolute atomic E-state index is 11.2. The number of ether oxygens (including phenoxy) is 2. The Labute approximate surface area is 188 Å². The van der Waals surface area contributed by atoms with E-state index in [2.05, 4.69) is 19.7 Å². The largest absolute Gasteiger partial charge is 0.491 e. The minimum absolute atomic E-state index is 0.0872. The second-order valence-electron chi connectivity index (χ2n) is 6.89. The van der Waals surface area contributed by atoms with Crippen LogP contribution >= 0.6 is 23.7 Å². The van der Waals surface area contributed by atoms with Gasteiger partial charge in [0.1, 0.15) is 22.4 Å². The van der Waals surface area contributed by atoms with Crippen molar-refractivity contribution in [1.29, 1.82) is 0 Å². The number of aromatic nitrogens is 2. The molecule has 1 amide bonds. The maximum Gasteiger partial charge on any atom is 0.218 e. The number of hydrogen-bond donors (Lipinski definition) is 3. The highest BCUT2D eigenvalue weighted by Gasteiger charge is 2.24. The van der Waals surface area contributed by atoms with Crippen molar-refractivity contribution >= 4 is 51.3 Å². The zero-order chi connectivity index (χ0) is 21.6. The van der Waals surface area contributed by atoms with Gasteiger partial charge in [0.25, 0.3) is 0 Å². The van der Waals surface area contributed by atoms with E-state index in [0.717, 1.165) is 38.1 Å². The maximum atomic E-state index is 11.2. The number of fused-ring (bicyclic) bond motifs is 1. The molecule has 8 nitrogen and oxygen atoms in total. The number of carbonyl (C=O) groups excluding carboxylic acids is 1. The van der Waals surface area contributed by atoms with Crippen molar-refractivity contribution in [1.82, 2.24) is 9.97 Å². The number of pyridine rings is 1. The molecule has 1 aromatic carbocycles. The number of H-pyrrole nitrogens is 1. The Morgan fingerprint density at radius 2 is 2.26 bits per heavy atom. The van der Waals surface area contributed by atoms with Gasteiger partial charge in [0.2, 0.25) is 5.91 Å². The smallest absolute Gasteiger partial charge is 0.218 e. The lowest BCUT2D eigenvalue weighted by Crippen LogP contribution is -2.18. The summed E-state index contributed by atoms with van der Waals surface area (Å²) in [5, 5.41) is 2.82. The molecule has 2 aromatic heterocycles. The number of benzene rings is 1. The summed E-state index contributed by atoms with van der Waals surface area (Å²) in [7, 11) is 1.65. The Kier molecular flexibility index (Phi) is 7.00. The van der Waals surface area contributed by atoms with E-state index in [0.29, 0.717) is 26.2 Å². The number of rotatable bonds is 10. The number of thioether (sulfide) groups is 1. The quantitative estimate of drug-likeness (QED) is 0.315. The summed E-state index contributed by atoms with van der Waals surface area (Å²) < 4.78 is 14.3. The first-order valence-electron chi connectivity index (χ1n) is 9.74. The first-order chi connectivity index (χ1) is 15.1. The Hall–Kier alpha value is -2.69. The van der Waals surface area contributed by atoms with Crippen LogP contribution in [0.2, 0.25) is 0 Å². The molecule has 1 atom stereocenters. The molecule has 0 fully saturated rings. The molecule has 0 radical (unpaired) electrons. The second-order valence-corrected chi connectivity index (χ2v) is 9.00. The number of aliphatic imine (C=N–C) groups is 1. The number of primary amides is 1. The summed E-state index contributed by atoms with van der Waals surface area (Å²) in [5.41, 5.74) is 8.07. The molecule has 162 valence electrons. The van der Waals surface area contributed by atoms with Crippen molar-refractivity contribution in [3.63, 3.8) is 0 Å². The van der Waals surface area contributed by atoms with Gasteiger partial charge in [-0.3, -0.25) is 9.79 Å². The van der Waals surface area contributed by atoms with Crippen molar-refractivity contribution < 1.29 is 14.3 Å². The highest BCUT2D eigenvalue weighted by Crippen LogP contribution is 2.35. The normalized spacial score (nSPS) is 15.8. The molecule has 3 aromatic rings. The lowest BCUT2D eigenvalue weighted by atomic mass is 10.2. The van der Waals surface area contributed by atoms with Crippen molar-refractivity contribution in [2.45, 2.75) is 16.7 Å². The summed E-state index contributed by atoms with van der Waals surface area (Å²) >= 11 is 3.00. The van der Waals surface area contributed by atoms with Crippen LogP contribution in [-0.2, 0) is 9.53 Å². The second kappa shape index (κ2) is 10.1. The summed E-state index contributed by atoms with van der Waals surface area (Å²) in [6.07, 6.45) is 2.08. The molecule has 0 spiro atoms. The number of aromatic amines is 1. The van der Waals surface area contributed by atoms with Crippen molar-refractivity contribution in [2.24, 2.45) is 10.7 Å². The van der Waals surface area contributed by atoms with E-state index in [1.807, 2.05) is 36.4 Å². The van der Waals surface area contributed by atoms with Crippen molar-refractivity contribution in [3.8, 4) is 5.75 Å². The zero-order valence-electron chi connectivity index (χ0n) is 17.0. The first kappa shape index (κ1) is 21.5. The lowest BCUT2D eigenvalue weighted by molar-refractivity contribution is -0.117. The minimum Gasteiger partial charge on any atom is -0.491 e. The van der Waals surface area contributed by atoms with E-state index in [9.17, 15) is 4.79 Å². The minimum atomic E-state index is -0.304. The van der Waals surface area contributed by atoms with Gasteiger partial charge in [-0.05, 0) is 24.3 Å². The molecule has 1 aliphatic heterocycles. The van der Waals surface area contributed by atoms with Crippen LogP contribution in [0.1, 0.15) is 12.1 Å². The van der Waals surface area contributed by atoms with Gasteiger partial charge in [-0.1, -0.05) is 17.8 Å². The van der Waals surface area contributed by atoms with Crippen LogP contribution in [0.15, 0.2) is 52.6 Å². The van der Waals surface area contributed by atoms with Crippen LogP contribution in [0.25, 0.3) is 10.9 Å². The van der Waals surface area contributed by atoms with Crippen molar-refractivity contribution in [3.05, 3.63) is 48.3 Å². The number of anilines is 1. The number of nitrogens with one attached hydrogen (secondary N) is 2. The molecule has 31 heavy (non-hydrogen) atoms. The van der Waals surface area contributed by atoms with E-state index in [4.69, 9.17) is 15.2 Å². The molecular weight excluding hydrogens is 434 g/mol. The lowest BCUT2D eigenvalue weighted by Gasteiger charge is -2.10. The Morgan fingerprint density at radius 1 is 1.35 bits per heavy atom. The molecule has 1 unspecified atom stereocenters. The van der Waals surface area contributed by atoms with Crippen LogP contribution < -0.4 is 15.2 Å². The van der Waals surface area contributed by atoms with E-state index < -0.39 is 0 Å². The van der Waals surface area contributed by atoms with Gasteiger partial charge in [-0.25, -0.2) is 4.98 Å². The molecule has 4 N–H and O–H groups in total. The van der Waals surface area contributed by atoms with Gasteiger partial charge in [-0.15, -0.1) is 0 Å². The van der Waals surface area contributed by atoms with Crippen LogP contribution in [0, 0.1) is 0 Å². The van der Waals surface area contributed by atoms with Crippen LogP contribution in [0.4, 0.5) is 5.69 Å². The molecular formula is C21H23N5O3S2. The molecule has 0 saturated carbocycles. The van der Waals surface area contributed by atoms with Gasteiger partial charge < -0.3 is 24.9 Å². The fourth-order valence-electron chi connectivity index (χ4n) is 3.15. The van der Waals surface area contributed by atoms with Crippen molar-refractivity contribution in [2.75, 3.05) is 31.6 Å². The van der Waals surface area contributed by atoms with E-state index >= 15 is 0 Å². The monoisotopic (exact) mass is 457 g/mol. The number of nitrogens with zero attached hydrogens (tertiary/aromatic N) is 2. The number of carbonyl (C=O) groups is 1. The molecule has 4 rings (SSSR count). The van der Waals surface area contributed by atoms with E-state index in [1.165, 1.54) is 11.9 Å². The number of hydrogen-bond acceptors (Lipinski definition) is 8. The van der Waals surface area contributed by atoms with Gasteiger partial charge in [0.15, 0.2) is 0 Å². The molecule has 1 aliphatic rings. The number of nitrogens with two attached hydrogens (primary N) is 1. The Morgan fingerprint density at radius 3 is 3.03 bits per heavy atom. The van der Waals surface area contributed by atoms with Gasteiger partial charge >= 0.3 is 0 Å². The summed E-state index contributed by atoms with van der Waals surface area (Å²) in [6, 6.07) is 11.8. The molecule has 0 saturated heterocycles. The zero-order valence-corrected chi connectivity index (χ0v) is 18.6. The van der Waals surface area contributed by atoms with E-state index in [-0.39, 0.29) is 11.2 Å². The fourth-order valence-corrected chi connectivity index (χ4v) is 4.88. The highest BCUT2D eigenvalue weighted by atomic mass is 32.2. The summed E-state index contributed by atoms with van der Waals surface area (Å²) in [6.45, 7) is 1.56. The third-order valence-electron chi connectivity index (χ3n) is 4.54. The summed E-state index contributed by atoms with van der Waals surface area (Å²) in [4.78, 5) is 23.6. The van der Waals surface area contributed by atoms with Gasteiger partial charge in [0, 0.05) is 48.4 Å². The number of methoxy groups -OCH3 is 1. The third kappa shape index (κ3) is 5.52.